The van der Waals surface area contributed by atoms with Gasteiger partial charge >= 0.3 is 11.8 Å². The summed E-state index contributed by atoms with van der Waals surface area (Å²) in [5.74, 6) is -0.399. The maximum atomic E-state index is 11.9. The van der Waals surface area contributed by atoms with Gasteiger partial charge in [-0.3, -0.25) is 0 Å². The first-order valence-electron chi connectivity index (χ1n) is 5.55. The number of carbonyl (C=O) groups is 1. The Labute approximate surface area is 104 Å². The second kappa shape index (κ2) is 4.91. The van der Waals surface area contributed by atoms with Crippen LogP contribution in [0.3, 0.4) is 0 Å². The molecule has 2 rings (SSSR count). The van der Waals surface area contributed by atoms with Crippen LogP contribution in [0.15, 0.2) is 30.3 Å². The van der Waals surface area contributed by atoms with E-state index in [0.717, 1.165) is 0 Å². The molecular weight excluding hydrogens is 234 g/mol. The molecule has 0 unspecified atom stereocenters. The van der Waals surface area contributed by atoms with E-state index in [1.807, 2.05) is 0 Å². The Morgan fingerprint density at radius 3 is 2.78 bits per heavy atom. The van der Waals surface area contributed by atoms with Crippen molar-refractivity contribution in [3.05, 3.63) is 41.1 Å². The largest absolute Gasteiger partial charge is 0.616 e. The quantitative estimate of drug-likeness (QED) is 0.470. The van der Waals surface area contributed by atoms with Crippen molar-refractivity contribution in [2.75, 3.05) is 13.7 Å². The molecule has 94 valence electrons. The van der Waals surface area contributed by atoms with Crippen LogP contribution in [0.25, 0.3) is 10.9 Å². The van der Waals surface area contributed by atoms with Crippen LogP contribution in [0.1, 0.15) is 17.3 Å². The molecule has 0 fully saturated rings. The maximum Gasteiger partial charge on any atom is 0.380 e. The van der Waals surface area contributed by atoms with Gasteiger partial charge in [0.05, 0.1) is 30.7 Å². The molecule has 0 aliphatic carbocycles. The average molecular weight is 247 g/mol. The van der Waals surface area contributed by atoms with Crippen LogP contribution in [-0.2, 0) is 4.74 Å². The van der Waals surface area contributed by atoms with Crippen LogP contribution in [-0.4, -0.2) is 19.7 Å². The molecule has 0 saturated carbocycles. The molecule has 0 saturated heterocycles. The second-order valence-electron chi connectivity index (χ2n) is 3.63. The van der Waals surface area contributed by atoms with Crippen LogP contribution >= 0.6 is 0 Å². The highest BCUT2D eigenvalue weighted by atomic mass is 16.5. The zero-order chi connectivity index (χ0) is 13.1. The Morgan fingerprint density at radius 2 is 2.11 bits per heavy atom. The Balaban J connectivity index is 2.72. The fourth-order valence-corrected chi connectivity index (χ4v) is 1.78. The first-order chi connectivity index (χ1) is 8.69. The Hall–Kier alpha value is -2.30. The average Bonchev–Trinajstić information content (AvgIpc) is 2.40. The summed E-state index contributed by atoms with van der Waals surface area (Å²) in [6.45, 7) is 2.01. The fourth-order valence-electron chi connectivity index (χ4n) is 1.78. The number of methoxy groups -OCH3 is 1. The van der Waals surface area contributed by atoms with Gasteiger partial charge in [0.25, 0.3) is 0 Å². The lowest BCUT2D eigenvalue weighted by Crippen LogP contribution is -2.30. The summed E-state index contributed by atoms with van der Waals surface area (Å²) in [7, 11) is 1.38. The van der Waals surface area contributed by atoms with Crippen LogP contribution in [0.5, 0.6) is 5.88 Å². The van der Waals surface area contributed by atoms with E-state index in [9.17, 15) is 10.0 Å². The molecule has 0 bridgehead atoms. The molecule has 1 aromatic carbocycles. The SMILES string of the molecule is CCOC(=O)c1cc(OC)[n+]([O-])c2ccccc12. The number of fused-ring (bicyclic) bond motifs is 1. The number of pyridine rings is 1. The smallest absolute Gasteiger partial charge is 0.380 e. The van der Waals surface area contributed by atoms with E-state index >= 15 is 0 Å². The Bertz CT molecular complexity index is 595. The number of carbonyl (C=O) groups excluding carboxylic acids is 1. The van der Waals surface area contributed by atoms with Crippen molar-refractivity contribution in [1.29, 1.82) is 0 Å². The number of hydrogen-bond donors (Lipinski definition) is 0. The molecule has 0 atom stereocenters. The van der Waals surface area contributed by atoms with E-state index in [1.54, 1.807) is 31.2 Å². The van der Waals surface area contributed by atoms with Crippen LogP contribution in [0.4, 0.5) is 0 Å². The first-order valence-corrected chi connectivity index (χ1v) is 5.55. The number of esters is 1. The van der Waals surface area contributed by atoms with Crippen molar-refractivity contribution in [2.24, 2.45) is 0 Å². The fraction of sp³-hybridized carbons (Fsp3) is 0.231. The van der Waals surface area contributed by atoms with Crippen molar-refractivity contribution >= 4 is 16.9 Å². The van der Waals surface area contributed by atoms with Crippen molar-refractivity contribution < 1.29 is 19.0 Å². The molecular formula is C13H13NO4. The van der Waals surface area contributed by atoms with E-state index in [0.29, 0.717) is 21.2 Å². The van der Waals surface area contributed by atoms with Gasteiger partial charge in [0.1, 0.15) is 0 Å². The summed E-state index contributed by atoms with van der Waals surface area (Å²) in [5.41, 5.74) is 0.705. The minimum atomic E-state index is -0.465. The zero-order valence-electron chi connectivity index (χ0n) is 10.2. The van der Waals surface area contributed by atoms with Crippen molar-refractivity contribution in [3.63, 3.8) is 0 Å². The summed E-state index contributed by atoms with van der Waals surface area (Å²) < 4.78 is 10.6. The predicted octanol–water partition coefficient (Wildman–Crippen LogP) is 1.66. The third kappa shape index (κ3) is 1.95. The van der Waals surface area contributed by atoms with E-state index in [2.05, 4.69) is 0 Å². The first kappa shape index (κ1) is 12.2. The highest BCUT2D eigenvalue weighted by Gasteiger charge is 2.20. The summed E-state index contributed by atoms with van der Waals surface area (Å²) >= 11 is 0. The highest BCUT2D eigenvalue weighted by Crippen LogP contribution is 2.20. The number of benzene rings is 1. The third-order valence-electron chi connectivity index (χ3n) is 2.59. The summed E-state index contributed by atoms with van der Waals surface area (Å²) in [6, 6.07) is 8.22. The molecule has 2 aromatic rings. The van der Waals surface area contributed by atoms with Gasteiger partial charge in [0.2, 0.25) is 5.52 Å². The van der Waals surface area contributed by atoms with E-state index in [-0.39, 0.29) is 12.5 Å². The number of hydrogen-bond acceptors (Lipinski definition) is 4. The standard InChI is InChI=1S/C13H13NO4/c1-3-18-13(15)10-8-12(17-2)14(16)11-7-5-4-6-9(10)11/h4-8H,3H2,1-2H3. The van der Waals surface area contributed by atoms with Gasteiger partial charge in [-0.25, -0.2) is 4.79 Å². The molecule has 0 N–H and O–H groups in total. The number of para-hydroxylation sites is 1. The van der Waals surface area contributed by atoms with Gasteiger partial charge in [0.15, 0.2) is 0 Å². The van der Waals surface area contributed by atoms with Crippen LogP contribution in [0.2, 0.25) is 0 Å². The minimum Gasteiger partial charge on any atom is -0.616 e. The lowest BCUT2D eigenvalue weighted by molar-refractivity contribution is -0.584. The molecule has 1 aromatic heterocycles. The van der Waals surface area contributed by atoms with Crippen molar-refractivity contribution in [3.8, 4) is 5.88 Å². The summed E-state index contributed by atoms with van der Waals surface area (Å²) in [6.07, 6.45) is 0. The molecule has 1 heterocycles. The predicted molar refractivity (Wildman–Crippen MR) is 65.4 cm³/mol. The molecule has 0 spiro atoms. The van der Waals surface area contributed by atoms with Crippen LogP contribution < -0.4 is 9.47 Å². The van der Waals surface area contributed by atoms with E-state index in [1.165, 1.54) is 13.2 Å². The summed E-state index contributed by atoms with van der Waals surface area (Å²) in [5, 5.41) is 12.5. The topological polar surface area (TPSA) is 62.5 Å². The number of rotatable bonds is 3. The number of nitrogens with zero attached hydrogens (tertiary/aromatic N) is 1. The van der Waals surface area contributed by atoms with Crippen molar-refractivity contribution in [2.45, 2.75) is 6.92 Å². The minimum absolute atomic E-state index is 0.0664. The van der Waals surface area contributed by atoms with Gasteiger partial charge in [-0.1, -0.05) is 12.1 Å². The highest BCUT2D eigenvalue weighted by molar-refractivity contribution is 6.02. The van der Waals surface area contributed by atoms with Crippen molar-refractivity contribution in [1.82, 2.24) is 0 Å². The molecule has 5 heteroatoms. The maximum absolute atomic E-state index is 11.9. The monoisotopic (exact) mass is 247 g/mol. The summed E-state index contributed by atoms with van der Waals surface area (Å²) in [4.78, 5) is 11.8. The van der Waals surface area contributed by atoms with Crippen LogP contribution in [0, 0.1) is 5.21 Å². The molecule has 0 aliphatic heterocycles. The van der Waals surface area contributed by atoms with Gasteiger partial charge < -0.3 is 14.7 Å². The number of aromatic nitrogens is 1. The molecule has 0 aliphatic rings. The third-order valence-corrected chi connectivity index (χ3v) is 2.59. The van der Waals surface area contributed by atoms with E-state index in [4.69, 9.17) is 9.47 Å². The van der Waals surface area contributed by atoms with Gasteiger partial charge in [-0.05, 0) is 13.0 Å². The Kier molecular flexibility index (Phi) is 3.32. The van der Waals surface area contributed by atoms with Gasteiger partial charge in [0, 0.05) is 6.07 Å². The molecule has 0 radical (unpaired) electrons. The van der Waals surface area contributed by atoms with Gasteiger partial charge in [-0.2, -0.15) is 0 Å². The zero-order valence-corrected chi connectivity index (χ0v) is 10.2. The molecule has 0 amide bonds. The number of ether oxygens (including phenoxy) is 2. The lowest BCUT2D eigenvalue weighted by Gasteiger charge is -2.09. The van der Waals surface area contributed by atoms with E-state index < -0.39 is 5.97 Å². The van der Waals surface area contributed by atoms with Gasteiger partial charge in [-0.15, -0.1) is 4.73 Å². The Morgan fingerprint density at radius 1 is 1.39 bits per heavy atom. The molecule has 18 heavy (non-hydrogen) atoms. The normalized spacial score (nSPS) is 10.3. The molecule has 5 nitrogen and oxygen atoms in total. The second-order valence-corrected chi connectivity index (χ2v) is 3.63. The lowest BCUT2D eigenvalue weighted by atomic mass is 10.1.